The largest absolute Gasteiger partial charge is 0.299 e. The summed E-state index contributed by atoms with van der Waals surface area (Å²) >= 11 is 5.17. The Balaban J connectivity index is 2.44. The van der Waals surface area contributed by atoms with Gasteiger partial charge < -0.3 is 0 Å². The number of H-pyrrole nitrogens is 1. The molecule has 0 aliphatic rings. The highest BCUT2D eigenvalue weighted by Gasteiger charge is 2.20. The molecule has 4 nitrogen and oxygen atoms in total. The number of hydrogen-bond acceptors (Lipinski definition) is 3. The zero-order chi connectivity index (χ0) is 19.0. The topological polar surface area (TPSA) is 50.7 Å². The lowest BCUT2D eigenvalue weighted by molar-refractivity contribution is 0.153. The highest BCUT2D eigenvalue weighted by Crippen LogP contribution is 2.30. The third-order valence-electron chi connectivity index (χ3n) is 4.33. The molecule has 0 amide bonds. The van der Waals surface area contributed by atoms with Gasteiger partial charge in [0.2, 0.25) is 0 Å². The molecule has 1 N–H and O–H groups in total. The molecular formula is C19H17F2N3OS. The van der Waals surface area contributed by atoms with E-state index < -0.39 is 12.0 Å². The van der Waals surface area contributed by atoms with E-state index in [1.807, 2.05) is 32.0 Å². The van der Waals surface area contributed by atoms with Crippen LogP contribution in [-0.4, -0.2) is 14.5 Å². The molecule has 0 aliphatic heterocycles. The minimum atomic E-state index is -2.82. The molecule has 0 spiro atoms. The molecule has 0 bridgehead atoms. The number of aromatic nitrogens is 3. The molecule has 0 aliphatic carbocycles. The van der Waals surface area contributed by atoms with Crippen LogP contribution in [0.3, 0.4) is 0 Å². The van der Waals surface area contributed by atoms with Crippen LogP contribution in [-0.2, 0) is 6.54 Å². The number of benzene rings is 1. The van der Waals surface area contributed by atoms with Gasteiger partial charge in [-0.1, -0.05) is 18.2 Å². The van der Waals surface area contributed by atoms with Crippen molar-refractivity contribution in [3.05, 3.63) is 68.7 Å². The molecule has 3 aromatic rings. The van der Waals surface area contributed by atoms with E-state index >= 15 is 0 Å². The molecule has 0 atom stereocenters. The Bertz CT molecular complexity index is 1130. The molecule has 134 valence electrons. The van der Waals surface area contributed by atoms with Crippen LogP contribution in [0.4, 0.5) is 8.78 Å². The summed E-state index contributed by atoms with van der Waals surface area (Å²) in [5.74, 6) is 0. The molecule has 0 saturated heterocycles. The maximum Gasteiger partial charge on any atom is 0.264 e. The minimum absolute atomic E-state index is 0.118. The van der Waals surface area contributed by atoms with Gasteiger partial charge in [0.25, 0.3) is 12.0 Å². The van der Waals surface area contributed by atoms with E-state index in [9.17, 15) is 13.6 Å². The van der Waals surface area contributed by atoms with Crippen LogP contribution in [0.1, 0.15) is 23.1 Å². The third kappa shape index (κ3) is 3.10. The minimum Gasteiger partial charge on any atom is -0.299 e. The number of nitrogens with zero attached hydrogens (tertiary/aromatic N) is 2. The van der Waals surface area contributed by atoms with Crippen LogP contribution < -0.4 is 5.56 Å². The van der Waals surface area contributed by atoms with Crippen molar-refractivity contribution in [2.75, 3.05) is 0 Å². The summed E-state index contributed by atoms with van der Waals surface area (Å²) in [5.41, 5.74) is 2.29. The highest BCUT2D eigenvalue weighted by molar-refractivity contribution is 7.71. The lowest BCUT2D eigenvalue weighted by Crippen LogP contribution is -2.17. The number of hydrogen-bond donors (Lipinski definition) is 1. The van der Waals surface area contributed by atoms with Gasteiger partial charge in [-0.25, -0.2) is 13.8 Å². The van der Waals surface area contributed by atoms with Crippen LogP contribution in [0.2, 0.25) is 0 Å². The van der Waals surface area contributed by atoms with Crippen LogP contribution >= 0.6 is 12.2 Å². The normalized spacial score (nSPS) is 11.3. The Hall–Kier alpha value is -2.67. The quantitative estimate of drug-likeness (QED) is 0.525. The monoisotopic (exact) mass is 373 g/mol. The first-order chi connectivity index (χ1) is 12.3. The fourth-order valence-electron chi connectivity index (χ4n) is 2.82. The number of pyridine rings is 1. The van der Waals surface area contributed by atoms with Crippen molar-refractivity contribution in [1.82, 2.24) is 14.5 Å². The van der Waals surface area contributed by atoms with Crippen LogP contribution in [0.5, 0.6) is 0 Å². The van der Waals surface area contributed by atoms with E-state index in [1.165, 1.54) is 10.6 Å². The van der Waals surface area contributed by atoms with E-state index in [1.54, 1.807) is 6.08 Å². The van der Waals surface area contributed by atoms with Gasteiger partial charge in [-0.2, -0.15) is 0 Å². The number of allylic oxidation sites excluding steroid dienone is 1. The lowest BCUT2D eigenvalue weighted by Gasteiger charge is -2.14. The molecule has 26 heavy (non-hydrogen) atoms. The van der Waals surface area contributed by atoms with E-state index in [-0.39, 0.29) is 27.9 Å². The van der Waals surface area contributed by atoms with Gasteiger partial charge >= 0.3 is 0 Å². The number of aromatic amines is 1. The number of nitrogens with one attached hydrogen (secondary N) is 1. The second kappa shape index (κ2) is 6.92. The SMILES string of the molecule is C=CCn1c(=S)[nH]c(=O)c2c(C(F)F)cc(-c3ccc(C)c(C)c3)nc21. The number of alkyl halides is 2. The van der Waals surface area contributed by atoms with Gasteiger partial charge in [0.15, 0.2) is 4.77 Å². The van der Waals surface area contributed by atoms with E-state index in [4.69, 9.17) is 12.2 Å². The van der Waals surface area contributed by atoms with Gasteiger partial charge in [-0.3, -0.25) is 14.3 Å². The van der Waals surface area contributed by atoms with Gasteiger partial charge in [-0.15, -0.1) is 6.58 Å². The van der Waals surface area contributed by atoms with Crippen molar-refractivity contribution in [3.8, 4) is 11.3 Å². The third-order valence-corrected chi connectivity index (χ3v) is 4.65. The maximum atomic E-state index is 13.7. The van der Waals surface area contributed by atoms with E-state index in [2.05, 4.69) is 16.5 Å². The summed E-state index contributed by atoms with van der Waals surface area (Å²) < 4.78 is 29.0. The smallest absolute Gasteiger partial charge is 0.264 e. The second-order valence-corrected chi connectivity index (χ2v) is 6.44. The van der Waals surface area contributed by atoms with Gasteiger partial charge in [0.05, 0.1) is 11.1 Å². The summed E-state index contributed by atoms with van der Waals surface area (Å²) in [6.45, 7) is 7.81. The first kappa shape index (κ1) is 18.1. The van der Waals surface area contributed by atoms with Crippen LogP contribution in [0.15, 0.2) is 41.7 Å². The molecular weight excluding hydrogens is 356 g/mol. The Morgan fingerprint density at radius 2 is 2.04 bits per heavy atom. The predicted octanol–water partition coefficient (Wildman–Crippen LogP) is 4.86. The van der Waals surface area contributed by atoms with E-state index in [0.717, 1.165) is 11.1 Å². The fraction of sp³-hybridized carbons (Fsp3) is 0.211. The lowest BCUT2D eigenvalue weighted by atomic mass is 10.0. The van der Waals surface area contributed by atoms with Crippen molar-refractivity contribution in [3.63, 3.8) is 0 Å². The maximum absolute atomic E-state index is 13.7. The van der Waals surface area contributed by atoms with Crippen LogP contribution in [0.25, 0.3) is 22.3 Å². The fourth-order valence-corrected chi connectivity index (χ4v) is 3.07. The molecule has 2 heterocycles. The summed E-state index contributed by atoms with van der Waals surface area (Å²) in [6, 6.07) is 6.89. The summed E-state index contributed by atoms with van der Waals surface area (Å²) in [4.78, 5) is 19.2. The molecule has 0 fully saturated rings. The Kier molecular flexibility index (Phi) is 4.82. The van der Waals surface area contributed by atoms with Gasteiger partial charge in [-0.05, 0) is 49.3 Å². The molecule has 3 rings (SSSR count). The predicted molar refractivity (Wildman–Crippen MR) is 101 cm³/mol. The van der Waals surface area contributed by atoms with Crippen LogP contribution in [0, 0.1) is 18.6 Å². The second-order valence-electron chi connectivity index (χ2n) is 6.05. The average Bonchev–Trinajstić information content (AvgIpc) is 2.59. The number of halogens is 2. The summed E-state index contributed by atoms with van der Waals surface area (Å²) in [6.07, 6.45) is -1.25. The van der Waals surface area contributed by atoms with Gasteiger partial charge in [0, 0.05) is 17.7 Å². The standard InChI is InChI=1S/C19H17F2N3OS/c1-4-7-24-17-15(18(25)23-19(24)26)13(16(20)21)9-14(22-17)12-6-5-10(2)11(3)8-12/h4-6,8-9,16H,1,7H2,2-3H3,(H,23,25,26). The number of aryl methyl sites for hydroxylation is 2. The molecule has 2 aromatic heterocycles. The molecule has 7 heteroatoms. The van der Waals surface area contributed by atoms with Crippen molar-refractivity contribution < 1.29 is 8.78 Å². The summed E-state index contributed by atoms with van der Waals surface area (Å²) in [5, 5.41) is -0.150. The zero-order valence-corrected chi connectivity index (χ0v) is 15.2. The molecule has 0 radical (unpaired) electrons. The first-order valence-electron chi connectivity index (χ1n) is 7.98. The van der Waals surface area contributed by atoms with Crippen molar-refractivity contribution >= 4 is 23.3 Å². The van der Waals surface area contributed by atoms with Crippen molar-refractivity contribution in [2.24, 2.45) is 0 Å². The Labute approximate surface area is 153 Å². The molecule has 1 aromatic carbocycles. The molecule has 0 unspecified atom stereocenters. The summed E-state index contributed by atoms with van der Waals surface area (Å²) in [7, 11) is 0. The molecule has 0 saturated carbocycles. The zero-order valence-electron chi connectivity index (χ0n) is 14.3. The van der Waals surface area contributed by atoms with Crippen molar-refractivity contribution in [1.29, 1.82) is 0 Å². The van der Waals surface area contributed by atoms with Crippen molar-refractivity contribution in [2.45, 2.75) is 26.8 Å². The average molecular weight is 373 g/mol. The van der Waals surface area contributed by atoms with E-state index in [0.29, 0.717) is 11.3 Å². The first-order valence-corrected chi connectivity index (χ1v) is 8.38. The number of fused-ring (bicyclic) bond motifs is 1. The Morgan fingerprint density at radius 3 is 2.65 bits per heavy atom. The highest BCUT2D eigenvalue weighted by atomic mass is 32.1. The van der Waals surface area contributed by atoms with Gasteiger partial charge in [0.1, 0.15) is 5.65 Å². The Morgan fingerprint density at radius 1 is 1.31 bits per heavy atom. The number of rotatable bonds is 4.